The van der Waals surface area contributed by atoms with Gasteiger partial charge in [-0.1, -0.05) is 18.2 Å². The summed E-state index contributed by atoms with van der Waals surface area (Å²) in [6.45, 7) is 1.74. The minimum atomic E-state index is -0.424. The number of benzene rings is 1. The van der Waals surface area contributed by atoms with Gasteiger partial charge in [-0.25, -0.2) is 9.37 Å². The topological polar surface area (TPSA) is 78.4 Å². The molecule has 31 heavy (non-hydrogen) atoms. The molecule has 0 aliphatic carbocycles. The van der Waals surface area contributed by atoms with Crippen LogP contribution in [0.4, 0.5) is 15.9 Å². The number of piperazine rings is 1. The number of carbonyl (C=O) groups excluding carboxylic acids is 2. The van der Waals surface area contributed by atoms with Gasteiger partial charge >= 0.3 is 0 Å². The summed E-state index contributed by atoms with van der Waals surface area (Å²) in [5.41, 5.74) is 1.34. The van der Waals surface area contributed by atoms with Crippen LogP contribution in [0.1, 0.15) is 16.1 Å². The SMILES string of the molecule is O=C(Cc1ccccn1)N1CCN(C(=O)c2cccnc2Nc2ccccc2F)CC1. The molecule has 0 unspecified atom stereocenters. The number of carbonyl (C=O) groups is 2. The molecule has 0 radical (unpaired) electrons. The molecule has 158 valence electrons. The Morgan fingerprint density at radius 2 is 1.58 bits per heavy atom. The number of hydrogen-bond acceptors (Lipinski definition) is 5. The minimum absolute atomic E-state index is 0.00548. The maximum atomic E-state index is 14.0. The second kappa shape index (κ2) is 9.34. The molecule has 2 aromatic heterocycles. The molecule has 0 saturated carbocycles. The van der Waals surface area contributed by atoms with Gasteiger partial charge in [0.1, 0.15) is 11.6 Å². The number of rotatable bonds is 5. The van der Waals surface area contributed by atoms with E-state index in [1.165, 1.54) is 6.07 Å². The first kappa shape index (κ1) is 20.5. The van der Waals surface area contributed by atoms with Gasteiger partial charge in [0.2, 0.25) is 5.91 Å². The lowest BCUT2D eigenvalue weighted by Crippen LogP contribution is -2.51. The van der Waals surface area contributed by atoms with Crippen molar-refractivity contribution in [3.63, 3.8) is 0 Å². The number of nitrogens with one attached hydrogen (secondary N) is 1. The van der Waals surface area contributed by atoms with E-state index in [2.05, 4.69) is 15.3 Å². The van der Waals surface area contributed by atoms with Gasteiger partial charge in [0, 0.05) is 44.3 Å². The molecular formula is C23H22FN5O2. The lowest BCUT2D eigenvalue weighted by atomic mass is 10.1. The van der Waals surface area contributed by atoms with Gasteiger partial charge in [-0.2, -0.15) is 0 Å². The lowest BCUT2D eigenvalue weighted by molar-refractivity contribution is -0.132. The highest BCUT2D eigenvalue weighted by atomic mass is 19.1. The normalized spacial score (nSPS) is 13.7. The first-order valence-electron chi connectivity index (χ1n) is 10.1. The number of halogens is 1. The van der Waals surface area contributed by atoms with Crippen LogP contribution in [-0.4, -0.2) is 57.8 Å². The van der Waals surface area contributed by atoms with Crippen molar-refractivity contribution in [2.45, 2.75) is 6.42 Å². The zero-order valence-electron chi connectivity index (χ0n) is 16.9. The highest BCUT2D eigenvalue weighted by Gasteiger charge is 2.26. The standard InChI is InChI=1S/C23H22FN5O2/c24-19-8-1-2-9-20(19)27-22-18(7-5-11-26-22)23(31)29-14-12-28(13-15-29)21(30)16-17-6-3-4-10-25-17/h1-11H,12-16H2,(H,26,27). The zero-order valence-corrected chi connectivity index (χ0v) is 16.9. The van der Waals surface area contributed by atoms with Crippen LogP contribution in [-0.2, 0) is 11.2 Å². The Morgan fingerprint density at radius 1 is 0.871 bits per heavy atom. The Morgan fingerprint density at radius 3 is 2.32 bits per heavy atom. The Labute approximate surface area is 179 Å². The van der Waals surface area contributed by atoms with Gasteiger partial charge in [0.05, 0.1) is 17.7 Å². The van der Waals surface area contributed by atoms with E-state index in [-0.39, 0.29) is 23.9 Å². The largest absolute Gasteiger partial charge is 0.339 e. The molecule has 0 atom stereocenters. The lowest BCUT2D eigenvalue weighted by Gasteiger charge is -2.35. The molecule has 1 aliphatic heterocycles. The fourth-order valence-corrected chi connectivity index (χ4v) is 3.47. The smallest absolute Gasteiger partial charge is 0.257 e. The summed E-state index contributed by atoms with van der Waals surface area (Å²) in [5, 5.41) is 2.91. The molecule has 3 aromatic rings. The Kier molecular flexibility index (Phi) is 6.16. The average molecular weight is 419 g/mol. The Balaban J connectivity index is 1.40. The fraction of sp³-hybridized carbons (Fsp3) is 0.217. The fourth-order valence-electron chi connectivity index (χ4n) is 3.47. The average Bonchev–Trinajstić information content (AvgIpc) is 2.81. The van der Waals surface area contributed by atoms with E-state index in [0.29, 0.717) is 37.6 Å². The van der Waals surface area contributed by atoms with Crippen molar-refractivity contribution in [1.82, 2.24) is 19.8 Å². The first-order valence-corrected chi connectivity index (χ1v) is 10.1. The maximum absolute atomic E-state index is 14.0. The summed E-state index contributed by atoms with van der Waals surface area (Å²) in [6, 6.07) is 15.1. The first-order chi connectivity index (χ1) is 15.1. The maximum Gasteiger partial charge on any atom is 0.257 e. The van der Waals surface area contributed by atoms with E-state index in [4.69, 9.17) is 0 Å². The van der Waals surface area contributed by atoms with E-state index in [0.717, 1.165) is 5.69 Å². The Bertz CT molecular complexity index is 1070. The molecular weight excluding hydrogens is 397 g/mol. The summed E-state index contributed by atoms with van der Waals surface area (Å²) >= 11 is 0. The van der Waals surface area contributed by atoms with Gasteiger partial charge in [-0.3, -0.25) is 14.6 Å². The van der Waals surface area contributed by atoms with Gasteiger partial charge in [0.15, 0.2) is 0 Å². The Hall–Kier alpha value is -3.81. The van der Waals surface area contributed by atoms with E-state index < -0.39 is 5.82 Å². The van der Waals surface area contributed by atoms with Crippen LogP contribution in [0.25, 0.3) is 0 Å². The molecule has 1 fully saturated rings. The molecule has 1 aromatic carbocycles. The molecule has 1 saturated heterocycles. The van der Waals surface area contributed by atoms with Crippen LogP contribution >= 0.6 is 0 Å². The van der Waals surface area contributed by atoms with Crippen molar-refractivity contribution in [2.75, 3.05) is 31.5 Å². The molecule has 3 heterocycles. The molecule has 1 N–H and O–H groups in total. The number of hydrogen-bond donors (Lipinski definition) is 1. The van der Waals surface area contributed by atoms with Gasteiger partial charge in [-0.05, 0) is 36.4 Å². The van der Waals surface area contributed by atoms with Crippen LogP contribution < -0.4 is 5.32 Å². The third kappa shape index (κ3) is 4.85. The van der Waals surface area contributed by atoms with Crippen LogP contribution in [0.3, 0.4) is 0 Å². The second-order valence-electron chi connectivity index (χ2n) is 7.18. The minimum Gasteiger partial charge on any atom is -0.339 e. The zero-order chi connectivity index (χ0) is 21.6. The summed E-state index contributed by atoms with van der Waals surface area (Å²) in [4.78, 5) is 37.5. The molecule has 7 nitrogen and oxygen atoms in total. The van der Waals surface area contributed by atoms with E-state index >= 15 is 0 Å². The van der Waals surface area contributed by atoms with Crippen molar-refractivity contribution in [3.05, 3.63) is 84.1 Å². The molecule has 1 aliphatic rings. The second-order valence-corrected chi connectivity index (χ2v) is 7.18. The van der Waals surface area contributed by atoms with E-state index in [1.54, 1.807) is 52.5 Å². The van der Waals surface area contributed by atoms with Crippen LogP contribution in [0, 0.1) is 5.82 Å². The summed E-state index contributed by atoms with van der Waals surface area (Å²) in [6.07, 6.45) is 3.46. The van der Waals surface area contributed by atoms with Gasteiger partial charge < -0.3 is 15.1 Å². The van der Waals surface area contributed by atoms with Crippen molar-refractivity contribution >= 4 is 23.3 Å². The number of pyridine rings is 2. The van der Waals surface area contributed by atoms with Crippen molar-refractivity contribution in [3.8, 4) is 0 Å². The molecule has 0 bridgehead atoms. The highest BCUT2D eigenvalue weighted by molar-refractivity contribution is 5.99. The number of para-hydroxylation sites is 1. The molecule has 4 rings (SSSR count). The van der Waals surface area contributed by atoms with E-state index in [9.17, 15) is 14.0 Å². The predicted molar refractivity (Wildman–Crippen MR) is 114 cm³/mol. The number of aromatic nitrogens is 2. The summed E-state index contributed by atoms with van der Waals surface area (Å²) < 4.78 is 14.0. The van der Waals surface area contributed by atoms with E-state index in [1.807, 2.05) is 18.2 Å². The van der Waals surface area contributed by atoms with Crippen LogP contribution in [0.15, 0.2) is 67.0 Å². The van der Waals surface area contributed by atoms with Crippen molar-refractivity contribution < 1.29 is 14.0 Å². The summed E-state index contributed by atoms with van der Waals surface area (Å²) in [7, 11) is 0. The van der Waals surface area contributed by atoms with Crippen LogP contribution in [0.2, 0.25) is 0 Å². The molecule has 2 amide bonds. The third-order valence-electron chi connectivity index (χ3n) is 5.14. The van der Waals surface area contributed by atoms with Crippen molar-refractivity contribution in [2.24, 2.45) is 0 Å². The molecule has 0 spiro atoms. The number of amides is 2. The number of nitrogens with zero attached hydrogens (tertiary/aromatic N) is 4. The predicted octanol–water partition coefficient (Wildman–Crippen LogP) is 2.89. The quantitative estimate of drug-likeness (QED) is 0.688. The molecule has 8 heteroatoms. The third-order valence-corrected chi connectivity index (χ3v) is 5.14. The van der Waals surface area contributed by atoms with Crippen molar-refractivity contribution in [1.29, 1.82) is 0 Å². The van der Waals surface area contributed by atoms with Crippen LogP contribution in [0.5, 0.6) is 0 Å². The van der Waals surface area contributed by atoms with Gasteiger partial charge in [-0.15, -0.1) is 0 Å². The monoisotopic (exact) mass is 419 g/mol. The van der Waals surface area contributed by atoms with Gasteiger partial charge in [0.25, 0.3) is 5.91 Å². The highest BCUT2D eigenvalue weighted by Crippen LogP contribution is 2.22. The summed E-state index contributed by atoms with van der Waals surface area (Å²) in [5.74, 6) is -0.337. The number of anilines is 2.